The fourth-order valence-corrected chi connectivity index (χ4v) is 1.23. The number of carbonyl (C=O) groups is 1. The van der Waals surface area contributed by atoms with Gasteiger partial charge in [0.05, 0.1) is 12.6 Å². The molecule has 1 aliphatic rings. The van der Waals surface area contributed by atoms with Crippen molar-refractivity contribution in [2.45, 2.75) is 13.0 Å². The molecule has 1 unspecified atom stereocenters. The van der Waals surface area contributed by atoms with Gasteiger partial charge in [0.1, 0.15) is 5.57 Å². The number of ether oxygens (including phenoxy) is 1. The number of nitrogens with one attached hydrogen (secondary N) is 1. The minimum absolute atomic E-state index is 0.0237. The minimum atomic E-state index is -0.647. The maximum atomic E-state index is 13.4. The fraction of sp³-hybridized carbons (Fsp3) is 0.444. The lowest BCUT2D eigenvalue weighted by molar-refractivity contribution is -0.138. The number of halogens is 1. The second-order valence-electron chi connectivity index (χ2n) is 2.83. The normalized spacial score (nSPS) is 21.4. The van der Waals surface area contributed by atoms with Crippen LogP contribution in [-0.4, -0.2) is 30.7 Å². The molecular formula is C9H13FN2O2. The van der Waals surface area contributed by atoms with E-state index in [9.17, 15) is 9.18 Å². The maximum absolute atomic E-state index is 13.4. The molecule has 0 aromatic carbocycles. The number of hydrogen-bond acceptors (Lipinski definition) is 4. The first-order valence-corrected chi connectivity index (χ1v) is 4.31. The van der Waals surface area contributed by atoms with Gasteiger partial charge in [-0.25, -0.2) is 10.2 Å². The number of rotatable bonds is 3. The first kappa shape index (κ1) is 10.7. The number of nitrogens with zero attached hydrogens (tertiary/aromatic N) is 1. The molecule has 0 radical (unpaired) electrons. The summed E-state index contributed by atoms with van der Waals surface area (Å²) < 4.78 is 18.1. The molecule has 1 rings (SSSR count). The zero-order chi connectivity index (χ0) is 10.7. The van der Waals surface area contributed by atoms with Gasteiger partial charge in [0.25, 0.3) is 0 Å². The Morgan fingerprint density at radius 2 is 2.50 bits per heavy atom. The van der Waals surface area contributed by atoms with Crippen LogP contribution in [0, 0.1) is 0 Å². The molecular weight excluding hydrogens is 187 g/mol. The maximum Gasteiger partial charge on any atom is 0.340 e. The Bertz CT molecular complexity index is 289. The molecule has 0 amide bonds. The van der Waals surface area contributed by atoms with Crippen LogP contribution >= 0.6 is 0 Å². The van der Waals surface area contributed by atoms with E-state index in [1.54, 1.807) is 6.92 Å². The van der Waals surface area contributed by atoms with Crippen LogP contribution in [0.2, 0.25) is 0 Å². The molecule has 1 heterocycles. The zero-order valence-electron chi connectivity index (χ0n) is 8.21. The highest BCUT2D eigenvalue weighted by atomic mass is 19.1. The quantitative estimate of drug-likeness (QED) is 0.414. The topological polar surface area (TPSA) is 41.6 Å². The summed E-state index contributed by atoms with van der Waals surface area (Å²) >= 11 is 0. The predicted octanol–water partition coefficient (Wildman–Crippen LogP) is 0.735. The van der Waals surface area contributed by atoms with E-state index in [-0.39, 0.29) is 12.2 Å². The van der Waals surface area contributed by atoms with Crippen LogP contribution in [0.3, 0.4) is 0 Å². The first-order valence-electron chi connectivity index (χ1n) is 4.31. The molecule has 5 heteroatoms. The van der Waals surface area contributed by atoms with Crippen LogP contribution in [0.1, 0.15) is 6.92 Å². The molecule has 78 valence electrons. The van der Waals surface area contributed by atoms with Gasteiger partial charge in [-0.2, -0.15) is 4.39 Å². The molecule has 1 atom stereocenters. The summed E-state index contributed by atoms with van der Waals surface area (Å²) in [7, 11) is 1.48. The Morgan fingerprint density at radius 3 is 3.00 bits per heavy atom. The highest BCUT2D eigenvalue weighted by Crippen LogP contribution is 2.22. The number of hydrazine groups is 1. The Hall–Kier alpha value is -1.36. The lowest BCUT2D eigenvalue weighted by atomic mass is 10.1. The monoisotopic (exact) mass is 200 g/mol. The van der Waals surface area contributed by atoms with Gasteiger partial charge in [-0.3, -0.25) is 5.01 Å². The van der Waals surface area contributed by atoms with E-state index in [0.717, 1.165) is 5.01 Å². The van der Waals surface area contributed by atoms with Gasteiger partial charge < -0.3 is 4.74 Å². The molecule has 0 bridgehead atoms. The fourth-order valence-electron chi connectivity index (χ4n) is 1.23. The van der Waals surface area contributed by atoms with E-state index < -0.39 is 18.0 Å². The SMILES string of the molecule is C=CC1NN(C)C(F)=C1C(=O)OCC. The highest BCUT2D eigenvalue weighted by Gasteiger charge is 2.33. The summed E-state index contributed by atoms with van der Waals surface area (Å²) in [4.78, 5) is 11.3. The Balaban J connectivity index is 2.91. The largest absolute Gasteiger partial charge is 0.462 e. The molecule has 0 aromatic heterocycles. The lowest BCUT2D eigenvalue weighted by Crippen LogP contribution is -2.33. The number of esters is 1. The van der Waals surface area contributed by atoms with Crippen molar-refractivity contribution >= 4 is 5.97 Å². The molecule has 0 spiro atoms. The molecule has 1 N–H and O–H groups in total. The third-order valence-electron chi connectivity index (χ3n) is 1.89. The summed E-state index contributed by atoms with van der Waals surface area (Å²) in [5.74, 6) is -1.26. The van der Waals surface area contributed by atoms with E-state index >= 15 is 0 Å². The van der Waals surface area contributed by atoms with Crippen LogP contribution in [0.5, 0.6) is 0 Å². The third-order valence-corrected chi connectivity index (χ3v) is 1.89. The van der Waals surface area contributed by atoms with Crippen LogP contribution in [0.15, 0.2) is 24.2 Å². The van der Waals surface area contributed by atoms with Crippen molar-refractivity contribution in [3.05, 3.63) is 24.2 Å². The molecule has 0 fully saturated rings. The molecule has 0 aromatic rings. The van der Waals surface area contributed by atoms with Crippen LogP contribution < -0.4 is 5.43 Å². The molecule has 0 saturated carbocycles. The zero-order valence-corrected chi connectivity index (χ0v) is 8.21. The molecule has 4 nitrogen and oxygen atoms in total. The van der Waals surface area contributed by atoms with Crippen molar-refractivity contribution < 1.29 is 13.9 Å². The Kier molecular flexibility index (Phi) is 3.24. The summed E-state index contributed by atoms with van der Waals surface area (Å²) in [5, 5.41) is 1.14. The van der Waals surface area contributed by atoms with Crippen LogP contribution in [0.4, 0.5) is 4.39 Å². The predicted molar refractivity (Wildman–Crippen MR) is 49.7 cm³/mol. The summed E-state index contributed by atoms with van der Waals surface area (Å²) in [5.41, 5.74) is 2.68. The van der Waals surface area contributed by atoms with Crippen LogP contribution in [0.25, 0.3) is 0 Å². The van der Waals surface area contributed by atoms with Gasteiger partial charge in [0.15, 0.2) is 0 Å². The van der Waals surface area contributed by atoms with E-state index in [4.69, 9.17) is 4.74 Å². The van der Waals surface area contributed by atoms with E-state index in [0.29, 0.717) is 0 Å². The van der Waals surface area contributed by atoms with Crippen molar-refractivity contribution in [2.75, 3.05) is 13.7 Å². The molecule has 0 aliphatic carbocycles. The molecule has 0 saturated heterocycles. The van der Waals surface area contributed by atoms with E-state index in [2.05, 4.69) is 12.0 Å². The van der Waals surface area contributed by atoms with Crippen molar-refractivity contribution in [1.82, 2.24) is 10.4 Å². The number of carbonyl (C=O) groups excluding carboxylic acids is 1. The van der Waals surface area contributed by atoms with Crippen molar-refractivity contribution in [2.24, 2.45) is 0 Å². The van der Waals surface area contributed by atoms with Gasteiger partial charge in [-0.05, 0) is 6.92 Å². The van der Waals surface area contributed by atoms with Crippen molar-refractivity contribution in [3.63, 3.8) is 0 Å². The molecule has 1 aliphatic heterocycles. The lowest BCUT2D eigenvalue weighted by Gasteiger charge is -2.11. The van der Waals surface area contributed by atoms with Gasteiger partial charge in [-0.15, -0.1) is 6.58 Å². The second kappa shape index (κ2) is 4.23. The summed E-state index contributed by atoms with van der Waals surface area (Å²) in [6.45, 7) is 5.40. The number of hydrogen-bond donors (Lipinski definition) is 1. The Morgan fingerprint density at radius 1 is 1.86 bits per heavy atom. The highest BCUT2D eigenvalue weighted by molar-refractivity contribution is 5.91. The van der Waals surface area contributed by atoms with Gasteiger partial charge in [0, 0.05) is 7.05 Å². The third kappa shape index (κ3) is 1.77. The van der Waals surface area contributed by atoms with E-state index in [1.165, 1.54) is 13.1 Å². The standard InChI is InChI=1S/C9H13FN2O2/c1-4-6-7(9(13)14-5-2)8(10)12(3)11-6/h4,6,11H,1,5H2,2-3H3. The second-order valence-corrected chi connectivity index (χ2v) is 2.83. The first-order chi connectivity index (χ1) is 6.61. The van der Waals surface area contributed by atoms with Crippen LogP contribution in [-0.2, 0) is 9.53 Å². The average molecular weight is 200 g/mol. The Labute approximate surface area is 82.0 Å². The average Bonchev–Trinajstić information content (AvgIpc) is 2.43. The summed E-state index contributed by atoms with van der Waals surface area (Å²) in [6, 6.07) is -0.515. The minimum Gasteiger partial charge on any atom is -0.462 e. The van der Waals surface area contributed by atoms with Gasteiger partial charge >= 0.3 is 5.97 Å². The van der Waals surface area contributed by atoms with Gasteiger partial charge in [0.2, 0.25) is 5.95 Å². The van der Waals surface area contributed by atoms with Crippen molar-refractivity contribution in [1.29, 1.82) is 0 Å². The smallest absolute Gasteiger partial charge is 0.340 e. The van der Waals surface area contributed by atoms with Gasteiger partial charge in [-0.1, -0.05) is 6.08 Å². The van der Waals surface area contributed by atoms with Crippen molar-refractivity contribution in [3.8, 4) is 0 Å². The summed E-state index contributed by atoms with van der Waals surface area (Å²) in [6.07, 6.45) is 1.45. The van der Waals surface area contributed by atoms with E-state index in [1.807, 2.05) is 0 Å². The molecule has 14 heavy (non-hydrogen) atoms.